The van der Waals surface area contributed by atoms with Gasteiger partial charge in [0.1, 0.15) is 0 Å². The maximum Gasteiger partial charge on any atom is 0.0587 e. The van der Waals surface area contributed by atoms with E-state index in [0.717, 1.165) is 12.5 Å². The number of aliphatic hydroxyl groups excluding tert-OH is 1. The van der Waals surface area contributed by atoms with Gasteiger partial charge in [0.15, 0.2) is 0 Å². The summed E-state index contributed by atoms with van der Waals surface area (Å²) in [6.07, 6.45) is 14.0. The molecule has 5 heterocycles. The second-order valence-electron chi connectivity index (χ2n) is 10.8. The molecule has 11 unspecified atom stereocenters. The van der Waals surface area contributed by atoms with Crippen molar-refractivity contribution in [2.75, 3.05) is 0 Å². The molecule has 5 saturated heterocycles. The Kier molecular flexibility index (Phi) is 4.54. The number of aliphatic hydroxyl groups is 1. The summed E-state index contributed by atoms with van der Waals surface area (Å²) in [5.74, 6) is 1.12. The number of hydrogen-bond donors (Lipinski definition) is 5. The monoisotopic (exact) mass is 374 g/mol. The van der Waals surface area contributed by atoms with Crippen molar-refractivity contribution in [2.45, 2.75) is 125 Å². The van der Waals surface area contributed by atoms with Gasteiger partial charge in [0.05, 0.1) is 6.10 Å². The van der Waals surface area contributed by atoms with Gasteiger partial charge in [-0.15, -0.1) is 0 Å². The van der Waals surface area contributed by atoms with Crippen molar-refractivity contribution in [3.8, 4) is 0 Å². The molecule has 6 aliphatic rings. The molecular weight excluding hydrogens is 336 g/mol. The zero-order chi connectivity index (χ0) is 18.0. The third-order valence-corrected chi connectivity index (χ3v) is 9.09. The molecule has 5 nitrogen and oxygen atoms in total. The van der Waals surface area contributed by atoms with Crippen LogP contribution in [0.5, 0.6) is 0 Å². The molecule has 1 aliphatic carbocycles. The Bertz CT molecular complexity index is 558. The molecule has 152 valence electrons. The summed E-state index contributed by atoms with van der Waals surface area (Å²) < 4.78 is 0. The van der Waals surface area contributed by atoms with E-state index in [0.29, 0.717) is 54.1 Å². The fourth-order valence-electron chi connectivity index (χ4n) is 7.91. The van der Waals surface area contributed by atoms with Crippen LogP contribution in [0.3, 0.4) is 0 Å². The number of nitrogens with one attached hydrogen (secondary N) is 4. The lowest BCUT2D eigenvalue weighted by Gasteiger charge is -2.28. The molecule has 0 aromatic heterocycles. The van der Waals surface area contributed by atoms with Crippen LogP contribution in [0.25, 0.3) is 0 Å². The summed E-state index contributed by atoms with van der Waals surface area (Å²) >= 11 is 0. The summed E-state index contributed by atoms with van der Waals surface area (Å²) in [4.78, 5) is 0. The van der Waals surface area contributed by atoms with Crippen molar-refractivity contribution in [1.29, 1.82) is 0 Å². The molecule has 11 atom stereocenters. The maximum absolute atomic E-state index is 10.8. The molecule has 1 saturated carbocycles. The zero-order valence-corrected chi connectivity index (χ0v) is 16.6. The molecular formula is C22H38N4O. The molecule has 8 bridgehead atoms. The van der Waals surface area contributed by atoms with E-state index in [9.17, 15) is 5.11 Å². The van der Waals surface area contributed by atoms with Crippen LogP contribution in [-0.4, -0.2) is 59.5 Å². The van der Waals surface area contributed by atoms with E-state index in [1.54, 1.807) is 0 Å². The van der Waals surface area contributed by atoms with Gasteiger partial charge in [0.25, 0.3) is 0 Å². The van der Waals surface area contributed by atoms with Gasteiger partial charge >= 0.3 is 0 Å². The summed E-state index contributed by atoms with van der Waals surface area (Å²) in [6.45, 7) is 0. The second kappa shape index (κ2) is 6.94. The highest BCUT2D eigenvalue weighted by molar-refractivity contribution is 5.09. The van der Waals surface area contributed by atoms with Gasteiger partial charge in [-0.3, -0.25) is 0 Å². The molecule has 6 rings (SSSR count). The first-order chi connectivity index (χ1) is 13.2. The van der Waals surface area contributed by atoms with Crippen molar-refractivity contribution in [1.82, 2.24) is 21.3 Å². The van der Waals surface area contributed by atoms with E-state index in [1.165, 1.54) is 64.2 Å². The minimum Gasteiger partial charge on any atom is -0.393 e. The van der Waals surface area contributed by atoms with Crippen LogP contribution < -0.4 is 21.3 Å². The van der Waals surface area contributed by atoms with Gasteiger partial charge in [-0.05, 0) is 76.5 Å². The quantitative estimate of drug-likeness (QED) is 0.442. The molecule has 6 fully saturated rings. The minimum atomic E-state index is -0.0845. The van der Waals surface area contributed by atoms with Crippen molar-refractivity contribution in [2.24, 2.45) is 11.8 Å². The Morgan fingerprint density at radius 1 is 0.481 bits per heavy atom. The van der Waals surface area contributed by atoms with E-state index in [1.807, 2.05) is 0 Å². The van der Waals surface area contributed by atoms with Crippen molar-refractivity contribution < 1.29 is 5.11 Å². The molecule has 0 amide bonds. The van der Waals surface area contributed by atoms with Crippen LogP contribution in [0.2, 0.25) is 0 Å². The zero-order valence-electron chi connectivity index (χ0n) is 16.6. The van der Waals surface area contributed by atoms with Gasteiger partial charge in [-0.25, -0.2) is 0 Å². The van der Waals surface area contributed by atoms with Crippen LogP contribution >= 0.6 is 0 Å². The predicted octanol–water partition coefficient (Wildman–Crippen LogP) is 1.26. The Hall–Kier alpha value is -0.200. The maximum atomic E-state index is 10.8. The van der Waals surface area contributed by atoms with Gasteiger partial charge in [-0.1, -0.05) is 0 Å². The third-order valence-electron chi connectivity index (χ3n) is 9.09. The fourth-order valence-corrected chi connectivity index (χ4v) is 7.91. The smallest absolute Gasteiger partial charge is 0.0587 e. The van der Waals surface area contributed by atoms with Gasteiger partial charge in [-0.2, -0.15) is 0 Å². The van der Waals surface area contributed by atoms with E-state index < -0.39 is 0 Å². The molecule has 0 radical (unpaired) electrons. The second-order valence-corrected chi connectivity index (χ2v) is 10.8. The SMILES string of the molecule is OC1CC2C3CCC(CC4CCC(CC5CCC(CC6CC1C2N6)N5)N4)N3. The van der Waals surface area contributed by atoms with E-state index in [2.05, 4.69) is 21.3 Å². The molecule has 5 N–H and O–H groups in total. The highest BCUT2D eigenvalue weighted by Gasteiger charge is 2.51. The first kappa shape index (κ1) is 17.6. The first-order valence-electron chi connectivity index (χ1n) is 11.9. The van der Waals surface area contributed by atoms with Gasteiger partial charge in [0.2, 0.25) is 0 Å². The summed E-state index contributed by atoms with van der Waals surface area (Å²) in [6, 6.07) is 5.29. The lowest BCUT2D eigenvalue weighted by Crippen LogP contribution is -2.46. The molecule has 0 spiro atoms. The average molecular weight is 375 g/mol. The van der Waals surface area contributed by atoms with Crippen molar-refractivity contribution in [3.63, 3.8) is 0 Å². The third kappa shape index (κ3) is 3.28. The first-order valence-corrected chi connectivity index (χ1v) is 11.9. The number of fused-ring (bicyclic) bond motifs is 8. The summed E-state index contributed by atoms with van der Waals surface area (Å²) in [7, 11) is 0. The normalized spacial score (nSPS) is 57.4. The van der Waals surface area contributed by atoms with E-state index in [4.69, 9.17) is 0 Å². The number of hydrogen-bond acceptors (Lipinski definition) is 5. The Morgan fingerprint density at radius 2 is 1.04 bits per heavy atom. The standard InChI is InChI=1S/C22H38N4O/c27-21-11-18-20-6-5-16(25-20)8-14-2-1-12(23-14)7-13-3-4-15(24-13)9-17-10-19(21)22(18)26-17/h12-27H,1-11H2. The Morgan fingerprint density at radius 3 is 1.70 bits per heavy atom. The Balaban J connectivity index is 1.22. The molecule has 27 heavy (non-hydrogen) atoms. The molecule has 0 aromatic rings. The lowest BCUT2D eigenvalue weighted by atomic mass is 9.91. The van der Waals surface area contributed by atoms with Gasteiger partial charge < -0.3 is 26.4 Å². The van der Waals surface area contributed by atoms with Crippen LogP contribution in [0.1, 0.15) is 70.6 Å². The van der Waals surface area contributed by atoms with Gasteiger partial charge in [0, 0.05) is 54.3 Å². The largest absolute Gasteiger partial charge is 0.393 e. The lowest BCUT2D eigenvalue weighted by molar-refractivity contribution is 0.128. The van der Waals surface area contributed by atoms with Crippen LogP contribution in [0.15, 0.2) is 0 Å². The minimum absolute atomic E-state index is 0.0845. The summed E-state index contributed by atoms with van der Waals surface area (Å²) in [5.41, 5.74) is 0. The van der Waals surface area contributed by atoms with E-state index in [-0.39, 0.29) is 6.10 Å². The van der Waals surface area contributed by atoms with Crippen molar-refractivity contribution in [3.05, 3.63) is 0 Å². The highest BCUT2D eigenvalue weighted by Crippen LogP contribution is 2.44. The molecule has 5 aliphatic heterocycles. The van der Waals surface area contributed by atoms with E-state index >= 15 is 0 Å². The fraction of sp³-hybridized carbons (Fsp3) is 1.00. The molecule has 5 heteroatoms. The highest BCUT2D eigenvalue weighted by atomic mass is 16.3. The predicted molar refractivity (Wildman–Crippen MR) is 107 cm³/mol. The summed E-state index contributed by atoms with van der Waals surface area (Å²) in [5, 5.41) is 26.7. The van der Waals surface area contributed by atoms with Crippen LogP contribution in [0, 0.1) is 11.8 Å². The van der Waals surface area contributed by atoms with Crippen molar-refractivity contribution >= 4 is 0 Å². The average Bonchev–Trinajstić information content (AvgIpc) is 3.42. The van der Waals surface area contributed by atoms with Crippen LogP contribution in [-0.2, 0) is 0 Å². The van der Waals surface area contributed by atoms with Crippen LogP contribution in [0.4, 0.5) is 0 Å². The number of rotatable bonds is 0. The molecule has 0 aromatic carbocycles. The topological polar surface area (TPSA) is 68.3 Å². The Labute approximate surface area is 163 Å².